The summed E-state index contributed by atoms with van der Waals surface area (Å²) in [6, 6.07) is 0. The van der Waals surface area contributed by atoms with Crippen molar-refractivity contribution in [3.8, 4) is 0 Å². The first-order chi connectivity index (χ1) is 12.3. The Morgan fingerprint density at radius 2 is 2.04 bits per heavy atom. The van der Waals surface area contributed by atoms with Crippen LogP contribution in [0.25, 0.3) is 0 Å². The maximum absolute atomic E-state index is 12.5. The molecular formula is C18H29N5O3. The zero-order valence-corrected chi connectivity index (χ0v) is 16.0. The summed E-state index contributed by atoms with van der Waals surface area (Å²) >= 11 is 0. The van der Waals surface area contributed by atoms with Gasteiger partial charge in [-0.3, -0.25) is 4.79 Å². The van der Waals surface area contributed by atoms with E-state index < -0.39 is 11.7 Å². The average molecular weight is 363 g/mol. The van der Waals surface area contributed by atoms with Crippen molar-refractivity contribution in [2.75, 3.05) is 19.6 Å². The van der Waals surface area contributed by atoms with Crippen LogP contribution in [-0.4, -0.2) is 56.9 Å². The number of likely N-dealkylation sites (tertiary alicyclic amines) is 1. The van der Waals surface area contributed by atoms with Crippen molar-refractivity contribution >= 4 is 12.0 Å². The fourth-order valence-corrected chi connectivity index (χ4v) is 3.63. The van der Waals surface area contributed by atoms with Crippen LogP contribution >= 0.6 is 0 Å². The molecule has 1 saturated heterocycles. The molecule has 0 radical (unpaired) electrons. The molecule has 0 bridgehead atoms. The average Bonchev–Trinajstić information content (AvgIpc) is 3.16. The number of nitrogens with one attached hydrogen (secondary N) is 1. The number of aryl methyl sites for hydroxylation is 1. The van der Waals surface area contributed by atoms with Crippen LogP contribution in [0.15, 0.2) is 0 Å². The number of piperidine rings is 1. The first kappa shape index (κ1) is 18.7. The Morgan fingerprint density at radius 3 is 2.81 bits per heavy atom. The molecule has 1 fully saturated rings. The number of carbonyl (C=O) groups is 2. The second-order valence-electron chi connectivity index (χ2n) is 8.09. The molecule has 1 atom stereocenters. The second-order valence-corrected chi connectivity index (χ2v) is 8.09. The minimum Gasteiger partial charge on any atom is -0.444 e. The number of carbonyl (C=O) groups excluding carboxylic acids is 2. The number of alkyl carbamates (subject to hydrolysis) is 1. The molecule has 8 nitrogen and oxygen atoms in total. The number of aromatic nitrogens is 3. The fraction of sp³-hybridized carbons (Fsp3) is 0.778. The molecule has 144 valence electrons. The minimum atomic E-state index is -0.535. The third-order valence-corrected chi connectivity index (χ3v) is 4.78. The molecule has 0 aromatic carbocycles. The van der Waals surface area contributed by atoms with Crippen LogP contribution in [0.3, 0.4) is 0 Å². The van der Waals surface area contributed by atoms with E-state index in [0.717, 1.165) is 50.4 Å². The van der Waals surface area contributed by atoms with Gasteiger partial charge in [0.15, 0.2) is 0 Å². The minimum absolute atomic E-state index is 0.0620. The van der Waals surface area contributed by atoms with Gasteiger partial charge in [0, 0.05) is 44.9 Å². The predicted octanol–water partition coefficient (Wildman–Crippen LogP) is 1.85. The van der Waals surface area contributed by atoms with Gasteiger partial charge in [-0.15, -0.1) is 10.2 Å². The number of hydrogen-bond donors (Lipinski definition) is 1. The van der Waals surface area contributed by atoms with Crippen molar-refractivity contribution in [3.05, 3.63) is 11.6 Å². The lowest BCUT2D eigenvalue weighted by Gasteiger charge is -2.32. The number of amides is 2. The van der Waals surface area contributed by atoms with Gasteiger partial charge in [-0.25, -0.2) is 4.79 Å². The van der Waals surface area contributed by atoms with Crippen molar-refractivity contribution in [2.45, 2.75) is 70.9 Å². The summed E-state index contributed by atoms with van der Waals surface area (Å²) in [5.74, 6) is 2.42. The molecule has 1 N–H and O–H groups in total. The van der Waals surface area contributed by atoms with E-state index in [1.54, 1.807) is 0 Å². The summed E-state index contributed by atoms with van der Waals surface area (Å²) in [4.78, 5) is 26.1. The molecule has 3 rings (SSSR count). The molecule has 2 aliphatic heterocycles. The van der Waals surface area contributed by atoms with Gasteiger partial charge in [-0.2, -0.15) is 0 Å². The highest BCUT2D eigenvalue weighted by Gasteiger charge is 2.30. The molecule has 3 heterocycles. The van der Waals surface area contributed by atoms with Gasteiger partial charge >= 0.3 is 6.09 Å². The van der Waals surface area contributed by atoms with Crippen LogP contribution in [0.4, 0.5) is 4.79 Å². The summed E-state index contributed by atoms with van der Waals surface area (Å²) in [6.45, 7) is 8.16. The van der Waals surface area contributed by atoms with Crippen LogP contribution in [0.1, 0.15) is 64.0 Å². The van der Waals surface area contributed by atoms with Crippen molar-refractivity contribution in [3.63, 3.8) is 0 Å². The van der Waals surface area contributed by atoms with E-state index in [1.807, 2.05) is 25.7 Å². The summed E-state index contributed by atoms with van der Waals surface area (Å²) in [6.07, 6.45) is 3.93. The molecule has 0 saturated carbocycles. The van der Waals surface area contributed by atoms with E-state index in [0.29, 0.717) is 6.54 Å². The SMILES string of the molecule is CC(C)(C)OC(=O)NCCC(=O)N1CCC[C@@H](c2nnc3n2CCC3)C1. The largest absolute Gasteiger partial charge is 0.444 e. The van der Waals surface area contributed by atoms with Gasteiger partial charge in [0.1, 0.15) is 17.2 Å². The number of hydrogen-bond acceptors (Lipinski definition) is 5. The molecule has 26 heavy (non-hydrogen) atoms. The lowest BCUT2D eigenvalue weighted by atomic mass is 9.97. The Bertz CT molecular complexity index is 664. The Morgan fingerprint density at radius 1 is 1.23 bits per heavy atom. The molecule has 2 amide bonds. The van der Waals surface area contributed by atoms with E-state index in [-0.39, 0.29) is 24.8 Å². The van der Waals surface area contributed by atoms with Crippen molar-refractivity contribution in [2.24, 2.45) is 0 Å². The normalized spacial score (nSPS) is 20.0. The summed E-state index contributed by atoms with van der Waals surface area (Å²) in [5.41, 5.74) is -0.535. The van der Waals surface area contributed by atoms with E-state index in [9.17, 15) is 9.59 Å². The van der Waals surface area contributed by atoms with Crippen molar-refractivity contribution < 1.29 is 14.3 Å². The highest BCUT2D eigenvalue weighted by Crippen LogP contribution is 2.28. The summed E-state index contributed by atoms with van der Waals surface area (Å²) < 4.78 is 7.41. The molecule has 0 unspecified atom stereocenters. The van der Waals surface area contributed by atoms with Gasteiger partial charge in [-0.1, -0.05) is 0 Å². The molecule has 1 aromatic rings. The van der Waals surface area contributed by atoms with Crippen LogP contribution in [0.2, 0.25) is 0 Å². The highest BCUT2D eigenvalue weighted by atomic mass is 16.6. The maximum Gasteiger partial charge on any atom is 0.407 e. The number of nitrogens with zero attached hydrogens (tertiary/aromatic N) is 4. The van der Waals surface area contributed by atoms with Gasteiger partial charge in [0.05, 0.1) is 0 Å². The van der Waals surface area contributed by atoms with Gasteiger partial charge in [0.25, 0.3) is 0 Å². The number of ether oxygens (including phenoxy) is 1. The van der Waals surface area contributed by atoms with Gasteiger partial charge < -0.3 is 19.5 Å². The van der Waals surface area contributed by atoms with Crippen molar-refractivity contribution in [1.82, 2.24) is 25.0 Å². The molecular weight excluding hydrogens is 334 g/mol. The molecule has 8 heteroatoms. The lowest BCUT2D eigenvalue weighted by molar-refractivity contribution is -0.132. The first-order valence-corrected chi connectivity index (χ1v) is 9.50. The molecule has 0 aliphatic carbocycles. The van der Waals surface area contributed by atoms with E-state index in [2.05, 4.69) is 20.1 Å². The Labute approximate surface area is 154 Å². The predicted molar refractivity (Wildman–Crippen MR) is 95.8 cm³/mol. The van der Waals surface area contributed by atoms with Gasteiger partial charge in [-0.05, 0) is 40.0 Å². The molecule has 0 spiro atoms. The van der Waals surface area contributed by atoms with Crippen LogP contribution in [-0.2, 0) is 22.5 Å². The number of rotatable bonds is 4. The molecule has 1 aromatic heterocycles. The fourth-order valence-electron chi connectivity index (χ4n) is 3.63. The first-order valence-electron chi connectivity index (χ1n) is 9.50. The van der Waals surface area contributed by atoms with Gasteiger partial charge in [0.2, 0.25) is 5.91 Å². The standard InChI is InChI=1S/C18H29N5O3/c1-18(2,3)26-17(25)19-9-8-15(24)22-10-4-6-13(12-22)16-21-20-14-7-5-11-23(14)16/h13H,4-12H2,1-3H3,(H,19,25)/t13-/m1/s1. The number of fused-ring (bicyclic) bond motifs is 1. The zero-order valence-electron chi connectivity index (χ0n) is 16.0. The second kappa shape index (κ2) is 7.63. The van der Waals surface area contributed by atoms with Crippen molar-refractivity contribution in [1.29, 1.82) is 0 Å². The third kappa shape index (κ3) is 4.53. The maximum atomic E-state index is 12.5. The van der Waals surface area contributed by atoms with E-state index in [1.165, 1.54) is 0 Å². The smallest absolute Gasteiger partial charge is 0.407 e. The summed E-state index contributed by atoms with van der Waals surface area (Å²) in [7, 11) is 0. The molecule has 2 aliphatic rings. The highest BCUT2D eigenvalue weighted by molar-refractivity contribution is 5.77. The third-order valence-electron chi connectivity index (χ3n) is 4.78. The van der Waals surface area contributed by atoms with Crippen LogP contribution < -0.4 is 5.32 Å². The Balaban J connectivity index is 1.48. The summed E-state index contributed by atoms with van der Waals surface area (Å²) in [5, 5.41) is 11.3. The quantitative estimate of drug-likeness (QED) is 0.882. The monoisotopic (exact) mass is 363 g/mol. The topological polar surface area (TPSA) is 89.3 Å². The zero-order chi connectivity index (χ0) is 18.7. The van der Waals surface area contributed by atoms with E-state index >= 15 is 0 Å². The van der Waals surface area contributed by atoms with E-state index in [4.69, 9.17) is 4.74 Å². The lowest BCUT2D eigenvalue weighted by Crippen LogP contribution is -2.41. The Hall–Kier alpha value is -2.12. The Kier molecular flexibility index (Phi) is 5.48. The van der Waals surface area contributed by atoms with Crippen LogP contribution in [0, 0.1) is 0 Å². The van der Waals surface area contributed by atoms with Crippen LogP contribution in [0.5, 0.6) is 0 Å².